The number of amides is 2. The van der Waals surface area contributed by atoms with Crippen molar-refractivity contribution in [3.05, 3.63) is 29.8 Å². The van der Waals surface area contributed by atoms with E-state index in [9.17, 15) is 14.7 Å². The summed E-state index contributed by atoms with van der Waals surface area (Å²) in [6.45, 7) is 5.12. The van der Waals surface area contributed by atoms with Crippen molar-refractivity contribution >= 4 is 12.0 Å². The van der Waals surface area contributed by atoms with Crippen LogP contribution in [-0.4, -0.2) is 47.7 Å². The van der Waals surface area contributed by atoms with E-state index < -0.39 is 11.4 Å². The van der Waals surface area contributed by atoms with Crippen molar-refractivity contribution in [2.75, 3.05) is 19.6 Å². The van der Waals surface area contributed by atoms with Gasteiger partial charge in [0.1, 0.15) is 11.9 Å². The molecule has 2 amide bonds. The first-order valence-corrected chi connectivity index (χ1v) is 8.91. The van der Waals surface area contributed by atoms with Gasteiger partial charge in [0.15, 0.2) is 0 Å². The van der Waals surface area contributed by atoms with Crippen molar-refractivity contribution in [1.29, 1.82) is 0 Å². The number of benzene rings is 1. The van der Waals surface area contributed by atoms with Gasteiger partial charge in [-0.1, -0.05) is 24.6 Å². The summed E-state index contributed by atoms with van der Waals surface area (Å²) in [4.78, 5) is 25.8. The molecule has 25 heavy (non-hydrogen) atoms. The molecule has 3 rings (SSSR count). The number of aryl methyl sites for hydroxylation is 1. The van der Waals surface area contributed by atoms with Crippen molar-refractivity contribution in [2.24, 2.45) is 11.3 Å². The van der Waals surface area contributed by atoms with Crippen LogP contribution < -0.4 is 10.1 Å². The van der Waals surface area contributed by atoms with Crippen LogP contribution in [0, 0.1) is 18.3 Å². The number of fused-ring (bicyclic) bond motifs is 1. The Labute approximate surface area is 148 Å². The lowest BCUT2D eigenvalue weighted by atomic mass is 9.81. The third-order valence-electron chi connectivity index (χ3n) is 5.55. The van der Waals surface area contributed by atoms with Gasteiger partial charge in [0.2, 0.25) is 0 Å². The molecule has 2 aliphatic rings. The zero-order valence-electron chi connectivity index (χ0n) is 14.8. The van der Waals surface area contributed by atoms with Crippen molar-refractivity contribution in [2.45, 2.75) is 39.2 Å². The minimum Gasteiger partial charge on any atom is -0.489 e. The number of ether oxygens (including phenoxy) is 1. The van der Waals surface area contributed by atoms with Crippen LogP contribution in [0.15, 0.2) is 24.3 Å². The largest absolute Gasteiger partial charge is 0.489 e. The molecule has 1 saturated carbocycles. The fraction of sp³-hybridized carbons (Fsp3) is 0.579. The van der Waals surface area contributed by atoms with Crippen molar-refractivity contribution < 1.29 is 19.4 Å². The van der Waals surface area contributed by atoms with Crippen LogP contribution in [-0.2, 0) is 4.79 Å². The van der Waals surface area contributed by atoms with Gasteiger partial charge in [0, 0.05) is 13.1 Å². The molecule has 136 valence electrons. The Balaban J connectivity index is 1.52. The van der Waals surface area contributed by atoms with Gasteiger partial charge in [-0.2, -0.15) is 0 Å². The number of carboxylic acids is 1. The topological polar surface area (TPSA) is 78.9 Å². The summed E-state index contributed by atoms with van der Waals surface area (Å²) < 4.78 is 5.86. The van der Waals surface area contributed by atoms with Gasteiger partial charge >= 0.3 is 12.0 Å². The van der Waals surface area contributed by atoms with Gasteiger partial charge in [-0.25, -0.2) is 4.79 Å². The van der Waals surface area contributed by atoms with E-state index in [1.807, 2.05) is 38.1 Å². The van der Waals surface area contributed by atoms with E-state index in [1.54, 1.807) is 4.90 Å². The molecule has 0 aromatic heterocycles. The predicted octanol–water partition coefficient (Wildman–Crippen LogP) is 2.66. The number of nitrogens with zero attached hydrogens (tertiary/aromatic N) is 1. The second-order valence-electron chi connectivity index (χ2n) is 7.31. The second-order valence-corrected chi connectivity index (χ2v) is 7.31. The summed E-state index contributed by atoms with van der Waals surface area (Å²) in [5.41, 5.74) is 0.317. The van der Waals surface area contributed by atoms with E-state index in [0.29, 0.717) is 26.1 Å². The Kier molecular flexibility index (Phi) is 4.88. The third-order valence-corrected chi connectivity index (χ3v) is 5.55. The van der Waals surface area contributed by atoms with E-state index in [4.69, 9.17) is 4.74 Å². The highest BCUT2D eigenvalue weighted by molar-refractivity contribution is 5.80. The Hall–Kier alpha value is -2.24. The van der Waals surface area contributed by atoms with Crippen LogP contribution >= 0.6 is 0 Å². The number of aliphatic carboxylic acids is 1. The van der Waals surface area contributed by atoms with Crippen molar-refractivity contribution in [3.63, 3.8) is 0 Å². The predicted molar refractivity (Wildman–Crippen MR) is 93.7 cm³/mol. The van der Waals surface area contributed by atoms with Gasteiger partial charge in [-0.15, -0.1) is 0 Å². The first-order valence-electron chi connectivity index (χ1n) is 8.91. The van der Waals surface area contributed by atoms with Crippen LogP contribution in [0.4, 0.5) is 4.79 Å². The maximum atomic E-state index is 12.4. The summed E-state index contributed by atoms with van der Waals surface area (Å²) >= 11 is 0. The molecular weight excluding hydrogens is 320 g/mol. The smallest absolute Gasteiger partial charge is 0.317 e. The zero-order chi connectivity index (χ0) is 18.0. The summed E-state index contributed by atoms with van der Waals surface area (Å²) in [6, 6.07) is 7.57. The van der Waals surface area contributed by atoms with E-state index in [-0.39, 0.29) is 18.1 Å². The number of para-hydroxylation sites is 1. The van der Waals surface area contributed by atoms with Gasteiger partial charge < -0.3 is 20.1 Å². The molecule has 6 nitrogen and oxygen atoms in total. The molecular formula is C19H26N2O4. The minimum absolute atomic E-state index is 0.0800. The summed E-state index contributed by atoms with van der Waals surface area (Å²) in [5, 5.41) is 12.5. The quantitative estimate of drug-likeness (QED) is 0.859. The molecule has 1 aliphatic heterocycles. The van der Waals surface area contributed by atoms with Gasteiger partial charge in [-0.05, 0) is 44.2 Å². The average molecular weight is 346 g/mol. The number of carbonyl (C=O) groups excluding carboxylic acids is 1. The fourth-order valence-electron chi connectivity index (χ4n) is 4.08. The number of carbonyl (C=O) groups is 2. The highest BCUT2D eigenvalue weighted by atomic mass is 16.5. The zero-order valence-corrected chi connectivity index (χ0v) is 14.8. The minimum atomic E-state index is -0.762. The molecule has 1 heterocycles. The second kappa shape index (κ2) is 6.94. The first kappa shape index (κ1) is 17.6. The molecule has 6 heteroatoms. The van der Waals surface area contributed by atoms with Gasteiger partial charge in [0.25, 0.3) is 0 Å². The Morgan fingerprint density at radius 3 is 2.88 bits per heavy atom. The van der Waals surface area contributed by atoms with Gasteiger partial charge in [0.05, 0.1) is 12.0 Å². The number of carboxylic acid groups (broad SMARTS) is 1. The lowest BCUT2D eigenvalue weighted by molar-refractivity contribution is -0.149. The molecule has 1 aromatic carbocycles. The molecule has 1 saturated heterocycles. The lowest BCUT2D eigenvalue weighted by Crippen LogP contribution is -2.44. The molecule has 0 spiro atoms. The van der Waals surface area contributed by atoms with E-state index >= 15 is 0 Å². The summed E-state index contributed by atoms with van der Waals surface area (Å²) in [7, 11) is 0. The Morgan fingerprint density at radius 2 is 2.20 bits per heavy atom. The average Bonchev–Trinajstić information content (AvgIpc) is 3.13. The maximum Gasteiger partial charge on any atom is 0.317 e. The number of hydrogen-bond acceptors (Lipinski definition) is 3. The monoisotopic (exact) mass is 346 g/mol. The highest BCUT2D eigenvalue weighted by Gasteiger charge is 2.55. The summed E-state index contributed by atoms with van der Waals surface area (Å²) in [6.07, 6.45) is 2.33. The number of nitrogens with one attached hydrogen (secondary N) is 1. The molecule has 3 atom stereocenters. The first-order chi connectivity index (χ1) is 11.9. The SMILES string of the molecule is Cc1ccccc1OC(C)CNC(=O)N1C[C@@H]2CCC[C@@]2(C(=O)O)C1. The van der Waals surface area contributed by atoms with Crippen LogP contribution in [0.3, 0.4) is 0 Å². The molecule has 0 bridgehead atoms. The molecule has 2 N–H and O–H groups in total. The lowest BCUT2D eigenvalue weighted by Gasteiger charge is -2.24. The number of likely N-dealkylation sites (tertiary alicyclic amines) is 1. The van der Waals surface area contributed by atoms with Crippen molar-refractivity contribution in [1.82, 2.24) is 10.2 Å². The van der Waals surface area contributed by atoms with E-state index in [1.165, 1.54) is 0 Å². The highest BCUT2D eigenvalue weighted by Crippen LogP contribution is 2.48. The number of rotatable bonds is 5. The standard InChI is InChI=1S/C19H26N2O4/c1-13-6-3-4-8-16(13)25-14(2)10-20-18(24)21-11-15-7-5-9-19(15,12-21)17(22)23/h3-4,6,8,14-15H,5,7,9-12H2,1-2H3,(H,20,24)(H,22,23)/t14?,15-,19+/m0/s1. The van der Waals surface area contributed by atoms with Crippen molar-refractivity contribution in [3.8, 4) is 5.75 Å². The molecule has 1 aromatic rings. The van der Waals surface area contributed by atoms with Gasteiger partial charge in [-0.3, -0.25) is 4.79 Å². The van der Waals surface area contributed by atoms with E-state index in [2.05, 4.69) is 5.32 Å². The molecule has 2 fully saturated rings. The molecule has 0 radical (unpaired) electrons. The fourth-order valence-corrected chi connectivity index (χ4v) is 4.08. The summed E-state index contributed by atoms with van der Waals surface area (Å²) in [5.74, 6) is 0.128. The third kappa shape index (κ3) is 3.43. The van der Waals surface area contributed by atoms with E-state index in [0.717, 1.165) is 24.2 Å². The number of urea groups is 1. The Morgan fingerprint density at radius 1 is 1.44 bits per heavy atom. The van der Waals surface area contributed by atoms with Crippen LogP contribution in [0.1, 0.15) is 31.7 Å². The van der Waals surface area contributed by atoms with Crippen LogP contribution in [0.5, 0.6) is 5.75 Å². The number of hydrogen-bond donors (Lipinski definition) is 2. The van der Waals surface area contributed by atoms with Crippen LogP contribution in [0.25, 0.3) is 0 Å². The Bertz CT molecular complexity index is 663. The maximum absolute atomic E-state index is 12.4. The normalized spacial score (nSPS) is 26.2. The molecule has 1 aliphatic carbocycles. The molecule has 1 unspecified atom stereocenters. The van der Waals surface area contributed by atoms with Crippen LogP contribution in [0.2, 0.25) is 0 Å².